The van der Waals surface area contributed by atoms with Crippen molar-refractivity contribution in [1.29, 1.82) is 0 Å². The second-order valence-corrected chi connectivity index (χ2v) is 8.32. The van der Waals surface area contributed by atoms with E-state index in [0.717, 1.165) is 39.0 Å². The van der Waals surface area contributed by atoms with E-state index in [9.17, 15) is 0 Å². The van der Waals surface area contributed by atoms with Crippen molar-refractivity contribution in [2.45, 2.75) is 78.0 Å². The van der Waals surface area contributed by atoms with Crippen molar-refractivity contribution in [3.63, 3.8) is 0 Å². The monoisotopic (exact) mass is 427 g/mol. The van der Waals surface area contributed by atoms with E-state index in [1.807, 2.05) is 25.6 Å². The van der Waals surface area contributed by atoms with Gasteiger partial charge in [-0.15, -0.1) is 0 Å². The average molecular weight is 428 g/mol. The van der Waals surface area contributed by atoms with Crippen LogP contribution in [-0.4, -0.2) is 26.2 Å². The van der Waals surface area contributed by atoms with Gasteiger partial charge in [0.2, 0.25) is 0 Å². The Hall–Kier alpha value is -1.81. The lowest BCUT2D eigenvalue weighted by Crippen LogP contribution is -2.23. The molecule has 0 fully saturated rings. The molecule has 30 heavy (non-hydrogen) atoms. The molecule has 0 aliphatic carbocycles. The molecule has 2 aromatic rings. The molecule has 1 aliphatic heterocycles. The Labute approximate surface area is 189 Å². The fourth-order valence-electron chi connectivity index (χ4n) is 4.10. The Balaban J connectivity index is 0.00000155. The number of fused-ring (bicyclic) bond motifs is 2. The number of hydrogen-bond acceptors (Lipinski definition) is 4. The van der Waals surface area contributed by atoms with E-state index in [4.69, 9.17) is 0 Å². The molecule has 0 radical (unpaired) electrons. The van der Waals surface area contributed by atoms with Gasteiger partial charge in [-0.25, -0.2) is 0 Å². The van der Waals surface area contributed by atoms with E-state index in [1.165, 1.54) is 43.7 Å². The minimum absolute atomic E-state index is 1.04. The normalized spacial score (nSPS) is 11.6. The molecule has 3 nitrogen and oxygen atoms in total. The van der Waals surface area contributed by atoms with Gasteiger partial charge in [0.15, 0.2) is 0 Å². The van der Waals surface area contributed by atoms with E-state index in [-0.39, 0.29) is 0 Å². The van der Waals surface area contributed by atoms with Crippen molar-refractivity contribution in [2.24, 2.45) is 0 Å². The molecule has 0 bridgehead atoms. The first kappa shape index (κ1) is 24.5. The number of benzene rings is 2. The summed E-state index contributed by atoms with van der Waals surface area (Å²) in [4.78, 5) is 7.60. The molecule has 1 N–H and O–H groups in total. The molecule has 1 aliphatic rings. The zero-order valence-electron chi connectivity index (χ0n) is 20.4. The molecule has 0 spiro atoms. The first-order chi connectivity index (χ1) is 14.6. The van der Waals surface area contributed by atoms with E-state index in [1.54, 1.807) is 0 Å². The van der Waals surface area contributed by atoms with Crippen LogP contribution >= 0.6 is 11.8 Å². The number of rotatable bonds is 8. The second-order valence-electron chi connectivity index (χ2n) is 7.23. The molecule has 0 atom stereocenters. The smallest absolute Gasteiger partial charge is 0.0560 e. The second kappa shape index (κ2) is 11.5. The predicted molar refractivity (Wildman–Crippen MR) is 138 cm³/mol. The van der Waals surface area contributed by atoms with E-state index >= 15 is 0 Å². The molecule has 3 rings (SSSR count). The molecule has 0 amide bonds. The third kappa shape index (κ3) is 4.91. The van der Waals surface area contributed by atoms with Crippen molar-refractivity contribution >= 4 is 34.5 Å². The summed E-state index contributed by atoms with van der Waals surface area (Å²) >= 11 is 1.93. The highest BCUT2D eigenvalue weighted by atomic mass is 32.2. The topological polar surface area (TPSA) is 18.5 Å². The van der Waals surface area contributed by atoms with Crippen LogP contribution in [0.25, 0.3) is 0 Å². The Morgan fingerprint density at radius 3 is 1.30 bits per heavy atom. The van der Waals surface area contributed by atoms with Gasteiger partial charge in [-0.1, -0.05) is 39.5 Å². The lowest BCUT2D eigenvalue weighted by molar-refractivity contribution is 0.860. The summed E-state index contributed by atoms with van der Waals surface area (Å²) < 4.78 is 0. The molecular formula is C26H41N3S. The molecule has 4 heteroatoms. The Morgan fingerprint density at radius 1 is 0.633 bits per heavy atom. The van der Waals surface area contributed by atoms with Gasteiger partial charge >= 0.3 is 0 Å². The number of nitrogens with zero attached hydrogens (tertiary/aromatic N) is 2. The van der Waals surface area contributed by atoms with Gasteiger partial charge in [0, 0.05) is 47.3 Å². The minimum Gasteiger partial charge on any atom is -0.372 e. The molecule has 2 aromatic carbocycles. The maximum atomic E-state index is 3.83. The van der Waals surface area contributed by atoms with Gasteiger partial charge in [-0.05, 0) is 75.9 Å². The van der Waals surface area contributed by atoms with Gasteiger partial charge < -0.3 is 15.1 Å². The van der Waals surface area contributed by atoms with Crippen LogP contribution in [0.3, 0.4) is 0 Å². The summed E-state index contributed by atoms with van der Waals surface area (Å²) in [5.41, 5.74) is 8.12. The summed E-state index contributed by atoms with van der Waals surface area (Å²) in [7, 11) is 0. The zero-order chi connectivity index (χ0) is 22.3. The number of aryl methyl sites for hydroxylation is 2. The summed E-state index contributed by atoms with van der Waals surface area (Å²) in [5, 5.41) is 3.83. The van der Waals surface area contributed by atoms with E-state index in [2.05, 4.69) is 80.9 Å². The van der Waals surface area contributed by atoms with Gasteiger partial charge in [0.1, 0.15) is 0 Å². The Bertz CT molecular complexity index is 756. The fraction of sp³-hybridized carbons (Fsp3) is 0.538. The van der Waals surface area contributed by atoms with Gasteiger partial charge in [0.25, 0.3) is 0 Å². The lowest BCUT2D eigenvalue weighted by atomic mass is 10.0. The average Bonchev–Trinajstić information content (AvgIpc) is 2.79. The molecule has 166 valence electrons. The molecule has 0 saturated carbocycles. The molecule has 1 heterocycles. The van der Waals surface area contributed by atoms with Gasteiger partial charge in [-0.3, -0.25) is 0 Å². The van der Waals surface area contributed by atoms with Crippen molar-refractivity contribution in [1.82, 2.24) is 0 Å². The van der Waals surface area contributed by atoms with Crippen LogP contribution in [0.2, 0.25) is 0 Å². The molecule has 0 saturated heterocycles. The van der Waals surface area contributed by atoms with Crippen molar-refractivity contribution < 1.29 is 0 Å². The summed E-state index contributed by atoms with van der Waals surface area (Å²) in [6.45, 7) is 21.6. The number of hydrogen-bond donors (Lipinski definition) is 1. The van der Waals surface area contributed by atoms with Crippen LogP contribution in [0.1, 0.15) is 66.5 Å². The van der Waals surface area contributed by atoms with Crippen LogP contribution < -0.4 is 15.1 Å². The van der Waals surface area contributed by atoms with Gasteiger partial charge in [-0.2, -0.15) is 0 Å². The molecule has 0 unspecified atom stereocenters. The summed E-state index contributed by atoms with van der Waals surface area (Å²) in [6, 6.07) is 9.50. The van der Waals surface area contributed by atoms with Crippen LogP contribution in [0.5, 0.6) is 0 Å². The number of anilines is 4. The van der Waals surface area contributed by atoms with E-state index in [0.29, 0.717) is 0 Å². The minimum atomic E-state index is 1.04. The Morgan fingerprint density at radius 2 is 1.00 bits per heavy atom. The number of nitrogens with one attached hydrogen (secondary N) is 1. The Kier molecular flexibility index (Phi) is 9.41. The van der Waals surface area contributed by atoms with Crippen LogP contribution in [0.15, 0.2) is 34.1 Å². The third-order valence-corrected chi connectivity index (χ3v) is 6.91. The largest absolute Gasteiger partial charge is 0.372 e. The first-order valence-electron chi connectivity index (χ1n) is 11.9. The van der Waals surface area contributed by atoms with Crippen molar-refractivity contribution in [2.75, 3.05) is 41.3 Å². The van der Waals surface area contributed by atoms with Crippen LogP contribution in [0, 0.1) is 0 Å². The highest BCUT2D eigenvalue weighted by Crippen LogP contribution is 2.49. The highest BCUT2D eigenvalue weighted by Gasteiger charge is 2.23. The van der Waals surface area contributed by atoms with Crippen molar-refractivity contribution in [3.05, 3.63) is 35.4 Å². The van der Waals surface area contributed by atoms with Crippen molar-refractivity contribution in [3.8, 4) is 0 Å². The maximum Gasteiger partial charge on any atom is 0.0560 e. The van der Waals surface area contributed by atoms with E-state index < -0.39 is 0 Å². The summed E-state index contributed by atoms with van der Waals surface area (Å²) in [5.74, 6) is 0. The third-order valence-electron chi connectivity index (χ3n) is 5.83. The SMILES string of the molecule is CC.CCc1cc(N(CC)CC)cc2c1Nc1c(CC)cc(N(CC)CC)cc1S2. The van der Waals surface area contributed by atoms with Crippen LogP contribution in [0.4, 0.5) is 22.7 Å². The standard InChI is InChI=1S/C24H35N3S.C2H6/c1-7-17-13-19(26(9-3)10-4)15-21-23(17)25-24-18(8-2)14-20(16-22(24)28-21)27(11-5)12-6;1-2/h13-16,25H,7-12H2,1-6H3;1-2H3. The van der Waals surface area contributed by atoms with Crippen LogP contribution in [-0.2, 0) is 12.8 Å². The zero-order valence-corrected chi connectivity index (χ0v) is 21.2. The lowest BCUT2D eigenvalue weighted by Gasteiger charge is -2.30. The molecular weight excluding hydrogens is 386 g/mol. The quantitative estimate of drug-likeness (QED) is 0.396. The fourth-order valence-corrected chi connectivity index (χ4v) is 5.27. The van der Waals surface area contributed by atoms with Gasteiger partial charge in [0.05, 0.1) is 11.4 Å². The summed E-state index contributed by atoms with van der Waals surface area (Å²) in [6.07, 6.45) is 2.08. The highest BCUT2D eigenvalue weighted by molar-refractivity contribution is 7.99. The maximum absolute atomic E-state index is 3.83. The predicted octanol–water partition coefficient (Wildman–Crippen LogP) is 7.74. The molecule has 0 aromatic heterocycles. The first-order valence-corrected chi connectivity index (χ1v) is 12.7.